The highest BCUT2D eigenvalue weighted by Crippen LogP contribution is 2.29. The summed E-state index contributed by atoms with van der Waals surface area (Å²) < 4.78 is 10.6. The third kappa shape index (κ3) is 3.99. The molecule has 7 nitrogen and oxygen atoms in total. The van der Waals surface area contributed by atoms with Crippen LogP contribution in [0.5, 0.6) is 5.75 Å². The Hall–Kier alpha value is -2.41. The molecule has 2 heterocycles. The highest BCUT2D eigenvalue weighted by molar-refractivity contribution is 5.79. The zero-order valence-electron chi connectivity index (χ0n) is 14.8. The summed E-state index contributed by atoms with van der Waals surface area (Å²) >= 11 is 0. The average molecular weight is 344 g/mol. The third-order valence-electron chi connectivity index (χ3n) is 4.53. The van der Waals surface area contributed by atoms with Crippen LogP contribution in [-0.2, 0) is 4.79 Å². The fourth-order valence-electron chi connectivity index (χ4n) is 3.25. The van der Waals surface area contributed by atoms with Crippen molar-refractivity contribution in [3.05, 3.63) is 41.5 Å². The number of piperidine rings is 1. The lowest BCUT2D eigenvalue weighted by Gasteiger charge is -2.28. The van der Waals surface area contributed by atoms with Gasteiger partial charge >= 0.3 is 0 Å². The van der Waals surface area contributed by atoms with Crippen molar-refractivity contribution < 1.29 is 14.1 Å². The van der Waals surface area contributed by atoms with Crippen molar-refractivity contribution in [1.82, 2.24) is 20.8 Å². The second-order valence-corrected chi connectivity index (χ2v) is 6.43. The summed E-state index contributed by atoms with van der Waals surface area (Å²) in [5.41, 5.74) is 0.807. The second-order valence-electron chi connectivity index (χ2n) is 6.43. The lowest BCUT2D eigenvalue weighted by atomic mass is 9.92. The molecule has 1 unspecified atom stereocenters. The molecular formula is C18H24N4O3. The van der Waals surface area contributed by atoms with Gasteiger partial charge in [-0.25, -0.2) is 0 Å². The van der Waals surface area contributed by atoms with E-state index in [9.17, 15) is 4.79 Å². The molecular weight excluding hydrogens is 320 g/mol. The molecule has 25 heavy (non-hydrogen) atoms. The van der Waals surface area contributed by atoms with Crippen LogP contribution in [-0.4, -0.2) is 35.7 Å². The van der Waals surface area contributed by atoms with Gasteiger partial charge in [-0.2, -0.15) is 4.98 Å². The van der Waals surface area contributed by atoms with Crippen molar-refractivity contribution in [2.45, 2.75) is 38.8 Å². The summed E-state index contributed by atoms with van der Waals surface area (Å²) in [5, 5.41) is 10.5. The van der Waals surface area contributed by atoms with E-state index in [0.29, 0.717) is 23.5 Å². The number of aromatic nitrogens is 2. The average Bonchev–Trinajstić information content (AvgIpc) is 3.05. The maximum Gasteiger partial charge on any atom is 0.224 e. The van der Waals surface area contributed by atoms with Gasteiger partial charge in [-0.3, -0.25) is 4.79 Å². The number of carbonyl (C=O) groups is 1. The Morgan fingerprint density at radius 2 is 2.24 bits per heavy atom. The van der Waals surface area contributed by atoms with Crippen molar-refractivity contribution in [1.29, 1.82) is 0 Å². The van der Waals surface area contributed by atoms with Crippen LogP contribution in [0.1, 0.15) is 43.1 Å². The summed E-state index contributed by atoms with van der Waals surface area (Å²) in [6.07, 6.45) is 1.63. The highest BCUT2D eigenvalue weighted by atomic mass is 16.5. The van der Waals surface area contributed by atoms with Gasteiger partial charge in [0, 0.05) is 24.4 Å². The van der Waals surface area contributed by atoms with Gasteiger partial charge in [0.25, 0.3) is 0 Å². The van der Waals surface area contributed by atoms with E-state index in [1.54, 1.807) is 14.0 Å². The van der Waals surface area contributed by atoms with E-state index in [1.807, 2.05) is 24.3 Å². The van der Waals surface area contributed by atoms with E-state index in [0.717, 1.165) is 24.9 Å². The maximum atomic E-state index is 12.8. The van der Waals surface area contributed by atoms with Crippen LogP contribution in [0.25, 0.3) is 0 Å². The summed E-state index contributed by atoms with van der Waals surface area (Å²) in [5.74, 6) is 1.54. The van der Waals surface area contributed by atoms with E-state index in [2.05, 4.69) is 27.7 Å². The molecule has 0 radical (unpaired) electrons. The number of hydrogen-bond acceptors (Lipinski definition) is 6. The van der Waals surface area contributed by atoms with Gasteiger partial charge in [0.05, 0.1) is 7.11 Å². The quantitative estimate of drug-likeness (QED) is 0.862. The number of amides is 1. The smallest absolute Gasteiger partial charge is 0.224 e. The molecule has 0 bridgehead atoms. The molecule has 2 N–H and O–H groups in total. The van der Waals surface area contributed by atoms with Crippen molar-refractivity contribution >= 4 is 5.91 Å². The van der Waals surface area contributed by atoms with Crippen LogP contribution < -0.4 is 15.4 Å². The van der Waals surface area contributed by atoms with Crippen LogP contribution >= 0.6 is 0 Å². The first-order chi connectivity index (χ1) is 12.1. The number of ether oxygens (including phenoxy) is 1. The van der Waals surface area contributed by atoms with Gasteiger partial charge in [0.2, 0.25) is 11.8 Å². The predicted molar refractivity (Wildman–Crippen MR) is 92.2 cm³/mol. The number of nitrogens with one attached hydrogen (secondary N) is 2. The Morgan fingerprint density at radius 3 is 2.92 bits per heavy atom. The molecule has 1 aromatic heterocycles. The predicted octanol–water partition coefficient (Wildman–Crippen LogP) is 1.98. The zero-order chi connectivity index (χ0) is 17.8. The Bertz CT molecular complexity index is 731. The second kappa shape index (κ2) is 7.65. The third-order valence-corrected chi connectivity index (χ3v) is 4.53. The molecule has 0 saturated carbocycles. The molecule has 1 saturated heterocycles. The minimum atomic E-state index is -0.508. The largest absolute Gasteiger partial charge is 0.496 e. The highest BCUT2D eigenvalue weighted by Gasteiger charge is 2.30. The molecule has 0 spiro atoms. The Kier molecular flexibility index (Phi) is 5.33. The molecule has 1 aliphatic heterocycles. The molecule has 3 rings (SSSR count). The first kappa shape index (κ1) is 17.4. The van der Waals surface area contributed by atoms with Gasteiger partial charge in [-0.05, 0) is 32.4 Å². The minimum absolute atomic E-state index is 0.00621. The van der Waals surface area contributed by atoms with E-state index >= 15 is 0 Å². The Labute approximate surface area is 147 Å². The van der Waals surface area contributed by atoms with Crippen LogP contribution in [0.4, 0.5) is 0 Å². The maximum absolute atomic E-state index is 12.8. The molecule has 1 aliphatic rings. The van der Waals surface area contributed by atoms with Gasteiger partial charge in [-0.1, -0.05) is 23.4 Å². The topological polar surface area (TPSA) is 89.3 Å². The van der Waals surface area contributed by atoms with Crippen LogP contribution in [0.15, 0.2) is 28.8 Å². The van der Waals surface area contributed by atoms with Gasteiger partial charge < -0.3 is 19.9 Å². The molecule has 0 aliphatic carbocycles. The number of hydrogen-bond donors (Lipinski definition) is 2. The SMILES string of the molecule is COc1ccccc1C(NC(=O)[C@H]1CCN[C@@H](C)C1)c1noc(C)n1. The lowest BCUT2D eigenvalue weighted by Crippen LogP contribution is -2.43. The number of carbonyl (C=O) groups excluding carboxylic acids is 1. The van der Waals surface area contributed by atoms with Crippen molar-refractivity contribution in [2.75, 3.05) is 13.7 Å². The molecule has 3 atom stereocenters. The summed E-state index contributed by atoms with van der Waals surface area (Å²) in [6.45, 7) is 4.67. The standard InChI is InChI=1S/C18H24N4O3/c1-11-10-13(8-9-19-11)18(23)21-16(17-20-12(2)25-22-17)14-6-4-5-7-15(14)24-3/h4-7,11,13,16,19H,8-10H2,1-3H3,(H,21,23)/t11-,13-,16?/m0/s1. The van der Waals surface area contributed by atoms with Gasteiger partial charge in [0.1, 0.15) is 11.8 Å². The number of benzene rings is 1. The first-order valence-electron chi connectivity index (χ1n) is 8.55. The molecule has 2 aromatic rings. The van der Waals surface area contributed by atoms with Crippen molar-refractivity contribution in [3.63, 3.8) is 0 Å². The summed E-state index contributed by atoms with van der Waals surface area (Å²) in [4.78, 5) is 17.2. The normalized spacial score (nSPS) is 21.6. The minimum Gasteiger partial charge on any atom is -0.496 e. The number of methoxy groups -OCH3 is 1. The van der Waals surface area contributed by atoms with Gasteiger partial charge in [-0.15, -0.1) is 0 Å². The van der Waals surface area contributed by atoms with Crippen molar-refractivity contribution in [2.24, 2.45) is 5.92 Å². The van der Waals surface area contributed by atoms with E-state index in [1.165, 1.54) is 0 Å². The fourth-order valence-corrected chi connectivity index (χ4v) is 3.25. The number of aryl methyl sites for hydroxylation is 1. The van der Waals surface area contributed by atoms with Crippen LogP contribution in [0.2, 0.25) is 0 Å². The number of para-hydroxylation sites is 1. The Balaban J connectivity index is 1.88. The van der Waals surface area contributed by atoms with Crippen molar-refractivity contribution in [3.8, 4) is 5.75 Å². The molecule has 1 aromatic carbocycles. The van der Waals surface area contributed by atoms with E-state index in [4.69, 9.17) is 9.26 Å². The van der Waals surface area contributed by atoms with Gasteiger partial charge in [0.15, 0.2) is 5.82 Å². The van der Waals surface area contributed by atoms with E-state index in [-0.39, 0.29) is 11.8 Å². The zero-order valence-corrected chi connectivity index (χ0v) is 14.8. The monoisotopic (exact) mass is 344 g/mol. The molecule has 134 valence electrons. The molecule has 1 amide bonds. The summed E-state index contributed by atoms with van der Waals surface area (Å²) in [6, 6.07) is 7.37. The number of rotatable bonds is 5. The molecule has 1 fully saturated rings. The first-order valence-corrected chi connectivity index (χ1v) is 8.55. The van der Waals surface area contributed by atoms with Crippen LogP contribution in [0, 0.1) is 12.8 Å². The number of nitrogens with zero attached hydrogens (tertiary/aromatic N) is 2. The fraction of sp³-hybridized carbons (Fsp3) is 0.500. The molecule has 7 heteroatoms. The lowest BCUT2D eigenvalue weighted by molar-refractivity contribution is -0.126. The van der Waals surface area contributed by atoms with E-state index < -0.39 is 6.04 Å². The Morgan fingerprint density at radius 1 is 1.44 bits per heavy atom. The summed E-state index contributed by atoms with van der Waals surface area (Å²) in [7, 11) is 1.60. The van der Waals surface area contributed by atoms with Crippen LogP contribution in [0.3, 0.4) is 0 Å².